The fourth-order valence-electron chi connectivity index (χ4n) is 5.40. The Morgan fingerprint density at radius 2 is 1.59 bits per heavy atom. The van der Waals surface area contributed by atoms with Crippen molar-refractivity contribution < 1.29 is 24.2 Å². The van der Waals surface area contributed by atoms with Crippen LogP contribution in [0.25, 0.3) is 0 Å². The molecule has 2 atom stereocenters. The first-order chi connectivity index (χ1) is 16.3. The predicted octanol–water partition coefficient (Wildman–Crippen LogP) is 3.47. The first-order valence-electron chi connectivity index (χ1n) is 11.9. The summed E-state index contributed by atoms with van der Waals surface area (Å²) in [7, 11) is 0. The summed E-state index contributed by atoms with van der Waals surface area (Å²) in [5.41, 5.74) is 0.943. The van der Waals surface area contributed by atoms with Crippen molar-refractivity contribution in [2.24, 2.45) is 17.8 Å². The molecule has 186 valence electrons. The Morgan fingerprint density at radius 3 is 2.24 bits per heavy atom. The van der Waals surface area contributed by atoms with Gasteiger partial charge < -0.3 is 25.0 Å². The molecule has 0 bridgehead atoms. The van der Waals surface area contributed by atoms with Gasteiger partial charge in [-0.15, -0.1) is 0 Å². The summed E-state index contributed by atoms with van der Waals surface area (Å²) in [5.74, 6) is 0.0811. The predicted molar refractivity (Wildman–Crippen MR) is 128 cm³/mol. The number of nitrogens with one attached hydrogen (secondary N) is 1. The lowest BCUT2D eigenvalue weighted by Crippen LogP contribution is -2.46. The number of amides is 3. The van der Waals surface area contributed by atoms with Gasteiger partial charge in [0.1, 0.15) is 0 Å². The third-order valence-electron chi connectivity index (χ3n) is 7.37. The van der Waals surface area contributed by atoms with Crippen molar-refractivity contribution in [1.29, 1.82) is 0 Å². The summed E-state index contributed by atoms with van der Waals surface area (Å²) in [6.45, 7) is 3.70. The third-order valence-corrected chi connectivity index (χ3v) is 8.11. The highest BCUT2D eigenvalue weighted by molar-refractivity contribution is 6.42. The molecule has 3 aliphatic heterocycles. The average Bonchev–Trinajstić information content (AvgIpc) is 3.28. The summed E-state index contributed by atoms with van der Waals surface area (Å²) in [5, 5.41) is 12.5. The molecule has 0 unspecified atom stereocenters. The van der Waals surface area contributed by atoms with Crippen LogP contribution >= 0.6 is 23.2 Å². The minimum Gasteiger partial charge on any atom is -0.465 e. The smallest absolute Gasteiger partial charge is 0.404 e. The molecule has 1 aromatic carbocycles. The maximum Gasteiger partial charge on any atom is 0.404 e. The number of carbonyl (C=O) groups is 3. The van der Waals surface area contributed by atoms with E-state index in [1.807, 2.05) is 15.9 Å². The van der Waals surface area contributed by atoms with Crippen LogP contribution in [-0.4, -0.2) is 78.8 Å². The number of hydrogen-bond acceptors (Lipinski definition) is 4. The van der Waals surface area contributed by atoms with Gasteiger partial charge in [0.05, 0.1) is 10.0 Å². The standard InChI is InChI=1S/C24H31Cl2N3O5/c25-20-2-1-17(11-21(20)26)19-14-29(13-18(19)12-27-24(32)33)23(31)15-3-7-28(8-4-15)22(30)16-5-9-34-10-6-16/h1-2,11,15-16,18-19,27H,3-10,12-14H2,(H,32,33)/t18-,19-/m1/s1. The van der Waals surface area contributed by atoms with Crippen LogP contribution < -0.4 is 5.32 Å². The molecular formula is C24H31Cl2N3O5. The number of carbonyl (C=O) groups excluding carboxylic acids is 2. The molecule has 3 fully saturated rings. The van der Waals surface area contributed by atoms with Crippen molar-refractivity contribution in [2.75, 3.05) is 45.9 Å². The quantitative estimate of drug-likeness (QED) is 0.630. The highest BCUT2D eigenvalue weighted by atomic mass is 35.5. The van der Waals surface area contributed by atoms with Crippen molar-refractivity contribution in [3.63, 3.8) is 0 Å². The van der Waals surface area contributed by atoms with Crippen LogP contribution in [0.15, 0.2) is 18.2 Å². The molecule has 0 aliphatic carbocycles. The molecule has 3 heterocycles. The van der Waals surface area contributed by atoms with Gasteiger partial charge in [-0.25, -0.2) is 4.79 Å². The van der Waals surface area contributed by atoms with Gasteiger partial charge in [-0.1, -0.05) is 29.3 Å². The molecule has 34 heavy (non-hydrogen) atoms. The van der Waals surface area contributed by atoms with Crippen LogP contribution in [0.1, 0.15) is 37.2 Å². The zero-order valence-electron chi connectivity index (χ0n) is 19.1. The summed E-state index contributed by atoms with van der Waals surface area (Å²) >= 11 is 12.3. The zero-order valence-corrected chi connectivity index (χ0v) is 20.6. The van der Waals surface area contributed by atoms with Gasteiger partial charge in [-0.05, 0) is 43.4 Å². The first-order valence-corrected chi connectivity index (χ1v) is 12.7. The SMILES string of the molecule is O=C(O)NC[C@@H]1CN(C(=O)C2CCN(C(=O)C3CCOCC3)CC2)C[C@@H]1c1ccc(Cl)c(Cl)c1. The minimum absolute atomic E-state index is 0.0361. The monoisotopic (exact) mass is 511 g/mol. The molecule has 0 spiro atoms. The number of halogens is 2. The van der Waals surface area contributed by atoms with Gasteiger partial charge in [0, 0.05) is 69.6 Å². The maximum atomic E-state index is 13.4. The number of ether oxygens (including phenoxy) is 1. The van der Waals surface area contributed by atoms with Gasteiger partial charge in [-0.2, -0.15) is 0 Å². The molecule has 3 aliphatic rings. The number of carboxylic acid groups (broad SMARTS) is 1. The van der Waals surface area contributed by atoms with E-state index in [2.05, 4.69) is 5.32 Å². The van der Waals surface area contributed by atoms with E-state index in [0.717, 1.165) is 18.4 Å². The van der Waals surface area contributed by atoms with Crippen LogP contribution in [-0.2, 0) is 14.3 Å². The number of nitrogens with zero attached hydrogens (tertiary/aromatic N) is 2. The Morgan fingerprint density at radius 1 is 0.941 bits per heavy atom. The molecule has 4 rings (SSSR count). The van der Waals surface area contributed by atoms with Crippen LogP contribution in [0.3, 0.4) is 0 Å². The van der Waals surface area contributed by atoms with Gasteiger partial charge in [-0.3, -0.25) is 9.59 Å². The third kappa shape index (κ3) is 5.78. The van der Waals surface area contributed by atoms with Crippen molar-refractivity contribution in [2.45, 2.75) is 31.6 Å². The van der Waals surface area contributed by atoms with Gasteiger partial charge in [0.25, 0.3) is 0 Å². The molecule has 0 radical (unpaired) electrons. The summed E-state index contributed by atoms with van der Waals surface area (Å²) < 4.78 is 5.36. The van der Waals surface area contributed by atoms with E-state index in [4.69, 9.17) is 33.0 Å². The lowest BCUT2D eigenvalue weighted by Gasteiger charge is -2.35. The number of hydrogen-bond donors (Lipinski definition) is 2. The Balaban J connectivity index is 1.38. The topological polar surface area (TPSA) is 99.2 Å². The van der Waals surface area contributed by atoms with Crippen molar-refractivity contribution in [3.8, 4) is 0 Å². The van der Waals surface area contributed by atoms with E-state index in [1.165, 1.54) is 0 Å². The number of piperidine rings is 1. The Labute approximate surface area is 209 Å². The fraction of sp³-hybridized carbons (Fsp3) is 0.625. The summed E-state index contributed by atoms with van der Waals surface area (Å²) in [4.78, 5) is 41.0. The van der Waals surface area contributed by atoms with Gasteiger partial charge in [0.2, 0.25) is 11.8 Å². The minimum atomic E-state index is -1.08. The largest absolute Gasteiger partial charge is 0.465 e. The van der Waals surface area contributed by atoms with Gasteiger partial charge in [0.15, 0.2) is 0 Å². The Bertz CT molecular complexity index is 916. The Hall–Kier alpha value is -2.03. The molecule has 0 aromatic heterocycles. The molecule has 8 nitrogen and oxygen atoms in total. The summed E-state index contributed by atoms with van der Waals surface area (Å²) in [6.07, 6.45) is 1.76. The van der Waals surface area contributed by atoms with Crippen molar-refractivity contribution in [3.05, 3.63) is 33.8 Å². The summed E-state index contributed by atoms with van der Waals surface area (Å²) in [6, 6.07) is 5.42. The molecular weight excluding hydrogens is 481 g/mol. The lowest BCUT2D eigenvalue weighted by molar-refractivity contribution is -0.144. The van der Waals surface area contributed by atoms with E-state index in [9.17, 15) is 14.4 Å². The molecule has 10 heteroatoms. The normalized spacial score (nSPS) is 24.3. The number of rotatable bonds is 5. The van der Waals surface area contributed by atoms with Crippen molar-refractivity contribution >= 4 is 41.1 Å². The lowest BCUT2D eigenvalue weighted by atomic mass is 9.89. The average molecular weight is 512 g/mol. The van der Waals surface area contributed by atoms with E-state index in [0.29, 0.717) is 62.3 Å². The second-order valence-electron chi connectivity index (χ2n) is 9.46. The Kier molecular flexibility index (Phi) is 8.22. The number of likely N-dealkylation sites (tertiary alicyclic amines) is 2. The highest BCUT2D eigenvalue weighted by Gasteiger charge is 2.40. The van der Waals surface area contributed by atoms with Crippen LogP contribution in [0.5, 0.6) is 0 Å². The molecule has 2 N–H and O–H groups in total. The second kappa shape index (κ2) is 11.1. The van der Waals surface area contributed by atoms with E-state index < -0.39 is 6.09 Å². The van der Waals surface area contributed by atoms with E-state index in [-0.39, 0.29) is 42.0 Å². The van der Waals surface area contributed by atoms with Gasteiger partial charge >= 0.3 is 6.09 Å². The second-order valence-corrected chi connectivity index (χ2v) is 10.3. The molecule has 0 saturated carbocycles. The fourth-order valence-corrected chi connectivity index (χ4v) is 5.71. The first kappa shape index (κ1) is 25.1. The molecule has 3 amide bonds. The highest BCUT2D eigenvalue weighted by Crippen LogP contribution is 2.37. The van der Waals surface area contributed by atoms with E-state index >= 15 is 0 Å². The number of benzene rings is 1. The van der Waals surface area contributed by atoms with E-state index in [1.54, 1.807) is 12.1 Å². The maximum absolute atomic E-state index is 13.4. The molecule has 3 saturated heterocycles. The zero-order chi connectivity index (χ0) is 24.2. The molecule has 1 aromatic rings. The van der Waals surface area contributed by atoms with Crippen LogP contribution in [0.4, 0.5) is 4.79 Å². The van der Waals surface area contributed by atoms with Crippen LogP contribution in [0, 0.1) is 17.8 Å². The van der Waals surface area contributed by atoms with Crippen LogP contribution in [0.2, 0.25) is 10.0 Å². The van der Waals surface area contributed by atoms with Crippen molar-refractivity contribution in [1.82, 2.24) is 15.1 Å².